The Morgan fingerprint density at radius 3 is 2.21 bits per heavy atom. The zero-order chi connectivity index (χ0) is 35.6. The van der Waals surface area contributed by atoms with Crippen molar-refractivity contribution in [2.24, 2.45) is 28.1 Å². The molecule has 0 aromatic heterocycles. The molecule has 1 aromatic carbocycles. The van der Waals surface area contributed by atoms with Gasteiger partial charge in [-0.2, -0.15) is 16.8 Å². The Hall–Kier alpha value is -1.70. The summed E-state index contributed by atoms with van der Waals surface area (Å²) in [6.07, 6.45) is 11.5. The van der Waals surface area contributed by atoms with Crippen LogP contribution in [0.4, 0.5) is 0 Å². The highest BCUT2D eigenvalue weighted by molar-refractivity contribution is 7.81. The lowest BCUT2D eigenvalue weighted by molar-refractivity contribution is -0.229. The van der Waals surface area contributed by atoms with Gasteiger partial charge < -0.3 is 18.2 Å². The Labute approximate surface area is 287 Å². The third kappa shape index (κ3) is 7.35. The number of hydrogen-bond acceptors (Lipinski definition) is 8. The number of aliphatic hydroxyl groups is 1. The third-order valence-electron chi connectivity index (χ3n) is 13.3. The average Bonchev–Trinajstić information content (AvgIpc) is 3.07. The van der Waals surface area contributed by atoms with Crippen LogP contribution in [0.5, 0.6) is 11.5 Å². The largest absolute Gasteiger partial charge is 0.446 e. The Kier molecular flexibility index (Phi) is 10.0. The van der Waals surface area contributed by atoms with E-state index in [9.17, 15) is 31.0 Å². The van der Waals surface area contributed by atoms with Gasteiger partial charge in [-0.15, -0.1) is 0 Å². The molecule has 4 aliphatic rings. The summed E-state index contributed by atoms with van der Waals surface area (Å²) in [6, 6.07) is 3.70. The lowest BCUT2D eigenvalue weighted by Gasteiger charge is -2.59. The van der Waals surface area contributed by atoms with E-state index in [2.05, 4.69) is 48.5 Å². The Morgan fingerprint density at radius 1 is 0.875 bits per heavy atom. The molecule has 7 atom stereocenters. The van der Waals surface area contributed by atoms with Gasteiger partial charge in [-0.3, -0.25) is 9.11 Å². The highest BCUT2D eigenvalue weighted by Gasteiger charge is 2.60. The van der Waals surface area contributed by atoms with Crippen molar-refractivity contribution in [1.29, 1.82) is 0 Å². The number of rotatable bonds is 9. The maximum atomic E-state index is 12.8. The smallest absolute Gasteiger partial charge is 0.389 e. The predicted octanol–water partition coefficient (Wildman–Crippen LogP) is 7.81. The molecule has 0 spiro atoms. The van der Waals surface area contributed by atoms with E-state index in [4.69, 9.17) is 13.1 Å². The lowest BCUT2D eigenvalue weighted by atomic mass is 9.47. The Bertz CT molecular complexity index is 1640. The van der Waals surface area contributed by atoms with Crippen molar-refractivity contribution >= 4 is 20.8 Å². The first-order valence-corrected chi connectivity index (χ1v) is 20.3. The van der Waals surface area contributed by atoms with Gasteiger partial charge in [-0.05, 0) is 139 Å². The van der Waals surface area contributed by atoms with Crippen LogP contribution in [0, 0.1) is 28.1 Å². The van der Waals surface area contributed by atoms with E-state index in [-0.39, 0.29) is 57.7 Å². The number of fused-ring (bicyclic) bond motifs is 2. The molecule has 10 nitrogen and oxygen atoms in total. The molecule has 2 unspecified atom stereocenters. The van der Waals surface area contributed by atoms with E-state index < -0.39 is 26.4 Å². The predicted molar refractivity (Wildman–Crippen MR) is 183 cm³/mol. The van der Waals surface area contributed by atoms with Gasteiger partial charge in [0.15, 0.2) is 0 Å². The number of benzene rings is 1. The summed E-state index contributed by atoms with van der Waals surface area (Å²) in [5.74, 6) is 0.0996. The molecule has 2 saturated carbocycles. The van der Waals surface area contributed by atoms with E-state index in [0.717, 1.165) is 82.3 Å². The zero-order valence-corrected chi connectivity index (χ0v) is 31.3. The van der Waals surface area contributed by atoms with E-state index >= 15 is 0 Å². The molecule has 3 aliphatic carbocycles. The molecule has 0 radical (unpaired) electrons. The Morgan fingerprint density at radius 2 is 1.54 bits per heavy atom. The van der Waals surface area contributed by atoms with Crippen LogP contribution in [-0.2, 0) is 32.0 Å². The van der Waals surface area contributed by atoms with Crippen LogP contribution in [0.25, 0.3) is 0 Å². The average molecular weight is 713 g/mol. The van der Waals surface area contributed by atoms with Crippen molar-refractivity contribution < 1.29 is 44.2 Å². The van der Waals surface area contributed by atoms with Crippen LogP contribution in [0.15, 0.2) is 29.3 Å². The molecule has 12 heteroatoms. The second-order valence-corrected chi connectivity index (χ2v) is 18.8. The quantitative estimate of drug-likeness (QED) is 0.170. The van der Waals surface area contributed by atoms with Crippen molar-refractivity contribution in [3.8, 4) is 11.5 Å². The molecule has 1 aromatic rings. The minimum atomic E-state index is -4.87. The summed E-state index contributed by atoms with van der Waals surface area (Å²) in [5, 5.41) is 12.8. The van der Waals surface area contributed by atoms with Crippen molar-refractivity contribution in [3.63, 3.8) is 0 Å². The first kappa shape index (κ1) is 37.6. The monoisotopic (exact) mass is 712 g/mol. The van der Waals surface area contributed by atoms with Gasteiger partial charge in [0.2, 0.25) is 0 Å². The summed E-state index contributed by atoms with van der Waals surface area (Å²) in [7, 11) is -9.69. The van der Waals surface area contributed by atoms with Crippen LogP contribution in [0.3, 0.4) is 0 Å². The van der Waals surface area contributed by atoms with Crippen LogP contribution < -0.4 is 8.37 Å². The summed E-state index contributed by atoms with van der Waals surface area (Å²) < 4.78 is 81.5. The van der Waals surface area contributed by atoms with Crippen molar-refractivity contribution in [1.82, 2.24) is 0 Å². The van der Waals surface area contributed by atoms with E-state index in [1.54, 1.807) is 0 Å². The molecular weight excluding hydrogens is 657 g/mol. The first-order chi connectivity index (χ1) is 22.0. The number of hydrogen-bond donors (Lipinski definition) is 3. The second-order valence-electron chi connectivity index (χ2n) is 16.8. The third-order valence-corrected chi connectivity index (χ3v) is 14.0. The maximum absolute atomic E-state index is 12.8. The molecule has 272 valence electrons. The van der Waals surface area contributed by atoms with Gasteiger partial charge in [0.1, 0.15) is 11.5 Å². The SMILES string of the molecule is CC1=C(Cc2cc(OS(=O)(=O)O)ccc2OS(=O)(=O)O)[C@]2(C)CCC[C@@](C)(CC[C@@]3(O)[C@H](C)CCC4OC(C)(C)CCC[C@@]43C)C2CC1. The van der Waals surface area contributed by atoms with Crippen LogP contribution in [0.1, 0.15) is 131 Å². The highest BCUT2D eigenvalue weighted by Crippen LogP contribution is 2.63. The molecule has 3 fully saturated rings. The molecule has 48 heavy (non-hydrogen) atoms. The minimum absolute atomic E-state index is 0.0206. The summed E-state index contributed by atoms with van der Waals surface area (Å²) >= 11 is 0. The van der Waals surface area contributed by atoms with Gasteiger partial charge >= 0.3 is 20.8 Å². The van der Waals surface area contributed by atoms with Gasteiger partial charge in [0.25, 0.3) is 0 Å². The zero-order valence-electron chi connectivity index (χ0n) is 29.7. The van der Waals surface area contributed by atoms with E-state index in [1.807, 2.05) is 0 Å². The standard InChI is InChI=1S/C36H56O10S2/c1-24-10-14-30-33(5,20-21-36(37)25(2)11-15-31-35(36,7)19-8-16-32(3,4)44-31)17-9-18-34(30,6)28(24)23-26-22-27(45-47(38,39)40)12-13-29(26)46-48(41,42)43/h12-13,22,25,30-31,37H,8-11,14-21,23H2,1-7H3,(H,38,39,40)(H,41,42,43)/t25-,30?,31?,33+,34+,35+,36-/m1/s1. The molecule has 1 aliphatic heterocycles. The van der Waals surface area contributed by atoms with E-state index in [0.29, 0.717) is 12.0 Å². The highest BCUT2D eigenvalue weighted by atomic mass is 32.3. The summed E-state index contributed by atoms with van der Waals surface area (Å²) in [6.45, 7) is 15.6. The fourth-order valence-corrected chi connectivity index (χ4v) is 11.3. The maximum Gasteiger partial charge on any atom is 0.446 e. The van der Waals surface area contributed by atoms with Crippen LogP contribution in [0.2, 0.25) is 0 Å². The van der Waals surface area contributed by atoms with Gasteiger partial charge in [-0.25, -0.2) is 0 Å². The van der Waals surface area contributed by atoms with E-state index in [1.165, 1.54) is 17.7 Å². The molecule has 5 rings (SSSR count). The van der Waals surface area contributed by atoms with Gasteiger partial charge in [0, 0.05) is 11.0 Å². The van der Waals surface area contributed by atoms with Crippen molar-refractivity contribution in [2.45, 2.75) is 149 Å². The fraction of sp³-hybridized carbons (Fsp3) is 0.778. The van der Waals surface area contributed by atoms with Crippen LogP contribution >= 0.6 is 0 Å². The molecule has 0 bridgehead atoms. The fourth-order valence-electron chi connectivity index (χ4n) is 10.6. The number of ether oxygens (including phenoxy) is 1. The summed E-state index contributed by atoms with van der Waals surface area (Å²) in [4.78, 5) is 0. The van der Waals surface area contributed by atoms with Crippen molar-refractivity contribution in [3.05, 3.63) is 34.9 Å². The Balaban J connectivity index is 1.45. The summed E-state index contributed by atoms with van der Waals surface area (Å²) in [5.41, 5.74) is 0.923. The molecule has 0 amide bonds. The van der Waals surface area contributed by atoms with Gasteiger partial charge in [-0.1, -0.05) is 45.3 Å². The molecule has 1 heterocycles. The first-order valence-electron chi connectivity index (χ1n) is 17.6. The second kappa shape index (κ2) is 12.8. The normalized spacial score (nSPS) is 37.2. The molecule has 3 N–H and O–H groups in total. The number of allylic oxidation sites excluding steroid dienone is 2. The van der Waals surface area contributed by atoms with Crippen molar-refractivity contribution in [2.75, 3.05) is 0 Å². The topological polar surface area (TPSA) is 157 Å². The molecular formula is C36H56O10S2. The molecule has 1 saturated heterocycles. The lowest BCUT2D eigenvalue weighted by Crippen LogP contribution is -2.61. The minimum Gasteiger partial charge on any atom is -0.389 e. The van der Waals surface area contributed by atoms with Crippen LogP contribution in [-0.4, -0.2) is 48.4 Å². The van der Waals surface area contributed by atoms with Gasteiger partial charge in [0.05, 0.1) is 17.3 Å².